The fraction of sp³-hybridized carbons (Fsp3) is 0.214. The van der Waals surface area contributed by atoms with Crippen molar-refractivity contribution in [3.63, 3.8) is 0 Å². The lowest BCUT2D eigenvalue weighted by atomic mass is 10.1. The lowest BCUT2D eigenvalue weighted by Crippen LogP contribution is -2.14. The predicted molar refractivity (Wildman–Crippen MR) is 71.1 cm³/mol. The van der Waals surface area contributed by atoms with Crippen LogP contribution in [0.3, 0.4) is 0 Å². The van der Waals surface area contributed by atoms with Gasteiger partial charge in [0.25, 0.3) is 0 Å². The van der Waals surface area contributed by atoms with E-state index in [1.165, 1.54) is 13.0 Å². The summed E-state index contributed by atoms with van der Waals surface area (Å²) in [5.74, 6) is -3.20. The molecule has 0 saturated carbocycles. The first-order valence-electron chi connectivity index (χ1n) is 5.89. The molecule has 1 aromatic rings. The summed E-state index contributed by atoms with van der Waals surface area (Å²) >= 11 is 0. The van der Waals surface area contributed by atoms with E-state index in [2.05, 4.69) is 6.58 Å². The molecule has 0 amide bonds. The number of phenols is 1. The molecule has 0 spiro atoms. The summed E-state index contributed by atoms with van der Waals surface area (Å²) in [6.07, 6.45) is 0. The second kappa shape index (κ2) is 7.09. The summed E-state index contributed by atoms with van der Waals surface area (Å²) in [6.45, 7) is 4.58. The minimum atomic E-state index is -1.31. The number of rotatable bonds is 6. The van der Waals surface area contributed by atoms with Crippen molar-refractivity contribution in [2.24, 2.45) is 0 Å². The van der Waals surface area contributed by atoms with E-state index < -0.39 is 23.7 Å². The molecule has 0 aliphatic rings. The Morgan fingerprint density at radius 2 is 1.81 bits per heavy atom. The monoisotopic (exact) mass is 294 g/mol. The molecule has 0 aromatic heterocycles. The second-order valence-corrected chi connectivity index (χ2v) is 4.09. The minimum Gasteiger partial charge on any atom is -0.507 e. The first-order chi connectivity index (χ1) is 9.82. The Hall–Kier alpha value is -2.83. The number of carboxylic acid groups (broad SMARTS) is 1. The highest BCUT2D eigenvalue weighted by atomic mass is 16.6. The highest BCUT2D eigenvalue weighted by Crippen LogP contribution is 2.19. The maximum Gasteiger partial charge on any atom is 0.339 e. The number of hydrogen-bond donors (Lipinski definition) is 2. The zero-order valence-corrected chi connectivity index (χ0v) is 11.3. The SMILES string of the molecule is C=C(C)C(=O)OCCOC(=O)c1ccc(C(=O)O)c(O)c1. The Kier molecular flexibility index (Phi) is 5.48. The third kappa shape index (κ3) is 4.64. The molecule has 112 valence electrons. The third-order valence-corrected chi connectivity index (χ3v) is 2.36. The molecule has 0 saturated heterocycles. The van der Waals surface area contributed by atoms with E-state index in [1.54, 1.807) is 0 Å². The van der Waals surface area contributed by atoms with E-state index in [0.29, 0.717) is 0 Å². The summed E-state index contributed by atoms with van der Waals surface area (Å²) in [4.78, 5) is 33.4. The predicted octanol–water partition coefficient (Wildman–Crippen LogP) is 1.37. The van der Waals surface area contributed by atoms with Crippen LogP contribution in [0.2, 0.25) is 0 Å². The van der Waals surface area contributed by atoms with Gasteiger partial charge in [-0.1, -0.05) is 6.58 Å². The van der Waals surface area contributed by atoms with Gasteiger partial charge in [-0.25, -0.2) is 14.4 Å². The van der Waals surface area contributed by atoms with Crippen molar-refractivity contribution in [2.75, 3.05) is 13.2 Å². The molecule has 0 fully saturated rings. The average molecular weight is 294 g/mol. The Balaban J connectivity index is 2.53. The van der Waals surface area contributed by atoms with Crippen LogP contribution in [0, 0.1) is 0 Å². The molecule has 1 aromatic carbocycles. The van der Waals surface area contributed by atoms with Crippen LogP contribution in [0.4, 0.5) is 0 Å². The van der Waals surface area contributed by atoms with Gasteiger partial charge in [0.1, 0.15) is 24.5 Å². The van der Waals surface area contributed by atoms with Crippen LogP contribution < -0.4 is 0 Å². The molecule has 7 nitrogen and oxygen atoms in total. The van der Waals surface area contributed by atoms with E-state index in [4.69, 9.17) is 14.6 Å². The summed E-state index contributed by atoms with van der Waals surface area (Å²) in [5.41, 5.74) is -0.0961. The summed E-state index contributed by atoms with van der Waals surface area (Å²) in [7, 11) is 0. The molecule has 1 rings (SSSR count). The Morgan fingerprint density at radius 3 is 2.33 bits per heavy atom. The highest BCUT2D eigenvalue weighted by Gasteiger charge is 2.14. The largest absolute Gasteiger partial charge is 0.507 e. The first kappa shape index (κ1) is 16.2. The number of aromatic carboxylic acids is 1. The van der Waals surface area contributed by atoms with Crippen molar-refractivity contribution in [2.45, 2.75) is 6.92 Å². The van der Waals surface area contributed by atoms with E-state index in [9.17, 15) is 19.5 Å². The van der Waals surface area contributed by atoms with Gasteiger partial charge in [0.2, 0.25) is 0 Å². The molecule has 21 heavy (non-hydrogen) atoms. The fourth-order valence-corrected chi connectivity index (χ4v) is 1.31. The van der Waals surface area contributed by atoms with Crippen molar-refractivity contribution in [3.8, 4) is 5.75 Å². The molecule has 0 aliphatic heterocycles. The van der Waals surface area contributed by atoms with Gasteiger partial charge < -0.3 is 19.7 Å². The van der Waals surface area contributed by atoms with Crippen molar-refractivity contribution >= 4 is 17.9 Å². The molecular formula is C14H14O7. The quantitative estimate of drug-likeness (QED) is 0.463. The standard InChI is InChI=1S/C14H14O7/c1-8(2)13(18)20-5-6-21-14(19)9-3-4-10(12(16)17)11(15)7-9/h3-4,7,15H,1,5-6H2,2H3,(H,16,17). The zero-order chi connectivity index (χ0) is 16.0. The van der Waals surface area contributed by atoms with E-state index >= 15 is 0 Å². The highest BCUT2D eigenvalue weighted by molar-refractivity contribution is 5.95. The first-order valence-corrected chi connectivity index (χ1v) is 5.89. The molecule has 2 N–H and O–H groups in total. The van der Waals surface area contributed by atoms with Gasteiger partial charge in [0.15, 0.2) is 0 Å². The number of carbonyl (C=O) groups excluding carboxylic acids is 2. The average Bonchev–Trinajstić information content (AvgIpc) is 2.42. The van der Waals surface area contributed by atoms with Gasteiger partial charge in [-0.3, -0.25) is 0 Å². The van der Waals surface area contributed by atoms with Gasteiger partial charge in [0, 0.05) is 5.57 Å². The molecule has 0 bridgehead atoms. The summed E-state index contributed by atoms with van der Waals surface area (Å²) in [6, 6.07) is 3.30. The molecule has 0 aliphatic carbocycles. The number of hydrogen-bond acceptors (Lipinski definition) is 6. The molecule has 0 atom stereocenters. The van der Waals surface area contributed by atoms with E-state index in [1.807, 2.05) is 0 Å². The van der Waals surface area contributed by atoms with Crippen molar-refractivity contribution in [3.05, 3.63) is 41.5 Å². The summed E-state index contributed by atoms with van der Waals surface area (Å²) in [5, 5.41) is 18.2. The number of carbonyl (C=O) groups is 3. The maximum absolute atomic E-state index is 11.6. The van der Waals surface area contributed by atoms with Crippen LogP contribution in [0.5, 0.6) is 5.75 Å². The topological polar surface area (TPSA) is 110 Å². The van der Waals surface area contributed by atoms with Crippen molar-refractivity contribution in [1.29, 1.82) is 0 Å². The summed E-state index contributed by atoms with van der Waals surface area (Å²) < 4.78 is 9.53. The number of ether oxygens (including phenoxy) is 2. The van der Waals surface area contributed by atoms with Gasteiger partial charge >= 0.3 is 17.9 Å². The van der Waals surface area contributed by atoms with Gasteiger partial charge in [-0.15, -0.1) is 0 Å². The third-order valence-electron chi connectivity index (χ3n) is 2.36. The van der Waals surface area contributed by atoms with Crippen molar-refractivity contribution in [1.82, 2.24) is 0 Å². The molecular weight excluding hydrogens is 280 g/mol. The Morgan fingerprint density at radius 1 is 1.19 bits per heavy atom. The molecule has 0 heterocycles. The fourth-order valence-electron chi connectivity index (χ4n) is 1.31. The number of esters is 2. The van der Waals surface area contributed by atoms with Crippen LogP contribution in [-0.2, 0) is 14.3 Å². The second-order valence-electron chi connectivity index (χ2n) is 4.09. The normalized spacial score (nSPS) is 9.76. The zero-order valence-electron chi connectivity index (χ0n) is 11.3. The van der Waals surface area contributed by atoms with Gasteiger partial charge in [0.05, 0.1) is 5.56 Å². The number of benzene rings is 1. The molecule has 7 heteroatoms. The minimum absolute atomic E-state index is 0.0104. The molecule has 0 unspecified atom stereocenters. The van der Waals surface area contributed by atoms with Crippen LogP contribution in [0.15, 0.2) is 30.4 Å². The molecule has 0 radical (unpaired) electrons. The van der Waals surface area contributed by atoms with Crippen LogP contribution in [0.1, 0.15) is 27.6 Å². The lowest BCUT2D eigenvalue weighted by Gasteiger charge is -2.07. The van der Waals surface area contributed by atoms with E-state index in [0.717, 1.165) is 12.1 Å². The lowest BCUT2D eigenvalue weighted by molar-refractivity contribution is -0.140. The Labute approximate surface area is 120 Å². The Bertz CT molecular complexity index is 589. The van der Waals surface area contributed by atoms with E-state index in [-0.39, 0.29) is 29.9 Å². The smallest absolute Gasteiger partial charge is 0.339 e. The van der Waals surface area contributed by atoms with Crippen LogP contribution >= 0.6 is 0 Å². The van der Waals surface area contributed by atoms with Crippen molar-refractivity contribution < 1.29 is 34.1 Å². The van der Waals surface area contributed by atoms with Gasteiger partial charge in [-0.2, -0.15) is 0 Å². The maximum atomic E-state index is 11.6. The number of aromatic hydroxyl groups is 1. The van der Waals surface area contributed by atoms with Gasteiger partial charge in [-0.05, 0) is 25.1 Å². The van der Waals surface area contributed by atoms with Crippen LogP contribution in [-0.4, -0.2) is 41.3 Å². The number of carboxylic acids is 1. The van der Waals surface area contributed by atoms with Crippen LogP contribution in [0.25, 0.3) is 0 Å².